The lowest BCUT2D eigenvalue weighted by Crippen LogP contribution is -2.24. The third kappa shape index (κ3) is 3.55. The average Bonchev–Trinajstić information content (AvgIpc) is 3.05. The summed E-state index contributed by atoms with van der Waals surface area (Å²) in [5.74, 6) is -2.26. The molecular formula is C20H13ClF3N3O2. The number of allylic oxidation sites excluding steroid dienone is 3. The highest BCUT2D eigenvalue weighted by molar-refractivity contribution is 6.32. The SMILES string of the molecule is CC1=C(C#N)C(c2ccc(O)c(Cl)c2)C(C#N)=C(c2cc(C(F)(F)F)oc2C)N1. The molecule has 0 bridgehead atoms. The third-order valence-electron chi connectivity index (χ3n) is 4.58. The van der Waals surface area contributed by atoms with Gasteiger partial charge < -0.3 is 14.8 Å². The minimum atomic E-state index is -4.68. The van der Waals surface area contributed by atoms with E-state index in [1.807, 2.05) is 12.1 Å². The van der Waals surface area contributed by atoms with Gasteiger partial charge in [-0.3, -0.25) is 0 Å². The Balaban J connectivity index is 2.26. The number of nitriles is 2. The monoisotopic (exact) mass is 419 g/mol. The minimum Gasteiger partial charge on any atom is -0.506 e. The number of dihydropyridines is 1. The maximum atomic E-state index is 13.1. The Labute approximate surface area is 168 Å². The van der Waals surface area contributed by atoms with Crippen molar-refractivity contribution in [3.05, 3.63) is 68.8 Å². The molecule has 1 atom stereocenters. The Morgan fingerprint density at radius 3 is 2.31 bits per heavy atom. The molecule has 0 radical (unpaired) electrons. The van der Waals surface area contributed by atoms with Crippen LogP contribution in [-0.2, 0) is 6.18 Å². The van der Waals surface area contributed by atoms with Crippen LogP contribution in [0.3, 0.4) is 0 Å². The molecule has 5 nitrogen and oxygen atoms in total. The average molecular weight is 420 g/mol. The van der Waals surface area contributed by atoms with Gasteiger partial charge in [-0.05, 0) is 37.6 Å². The van der Waals surface area contributed by atoms with Gasteiger partial charge in [0.2, 0.25) is 5.76 Å². The number of furan rings is 1. The fraction of sp³-hybridized carbons (Fsp3) is 0.200. The zero-order valence-electron chi connectivity index (χ0n) is 15.1. The Morgan fingerprint density at radius 1 is 1.14 bits per heavy atom. The summed E-state index contributed by atoms with van der Waals surface area (Å²) >= 11 is 5.98. The Hall–Kier alpha value is -3.36. The first-order valence-corrected chi connectivity index (χ1v) is 8.64. The number of nitrogens with one attached hydrogen (secondary N) is 1. The van der Waals surface area contributed by atoms with Crippen molar-refractivity contribution in [3.8, 4) is 17.9 Å². The first-order valence-electron chi connectivity index (χ1n) is 8.27. The molecule has 148 valence electrons. The van der Waals surface area contributed by atoms with Crippen LogP contribution in [0.25, 0.3) is 5.70 Å². The number of phenolic OH excluding ortho intramolecular Hbond substituents is 1. The number of nitrogens with zero attached hydrogens (tertiary/aromatic N) is 2. The largest absolute Gasteiger partial charge is 0.506 e. The molecular weight excluding hydrogens is 407 g/mol. The third-order valence-corrected chi connectivity index (χ3v) is 4.88. The predicted octanol–water partition coefficient (Wildman–Crippen LogP) is 5.39. The van der Waals surface area contributed by atoms with E-state index < -0.39 is 17.9 Å². The van der Waals surface area contributed by atoms with E-state index in [1.165, 1.54) is 25.1 Å². The van der Waals surface area contributed by atoms with E-state index in [0.717, 1.165) is 6.07 Å². The molecule has 0 amide bonds. The van der Waals surface area contributed by atoms with E-state index in [1.54, 1.807) is 6.92 Å². The fourth-order valence-corrected chi connectivity index (χ4v) is 3.40. The molecule has 29 heavy (non-hydrogen) atoms. The quantitative estimate of drug-likeness (QED) is 0.681. The highest BCUT2D eigenvalue weighted by Gasteiger charge is 2.38. The van der Waals surface area contributed by atoms with E-state index in [9.17, 15) is 28.8 Å². The first kappa shape index (κ1) is 20.4. The summed E-state index contributed by atoms with van der Waals surface area (Å²) in [5.41, 5.74) is 1.26. The summed E-state index contributed by atoms with van der Waals surface area (Å²) in [4.78, 5) is 0. The highest BCUT2D eigenvalue weighted by Crippen LogP contribution is 2.43. The molecule has 1 unspecified atom stereocenters. The van der Waals surface area contributed by atoms with Crippen LogP contribution in [0.1, 0.15) is 35.5 Å². The zero-order valence-corrected chi connectivity index (χ0v) is 15.9. The number of alkyl halides is 3. The van der Waals surface area contributed by atoms with Gasteiger partial charge in [0.25, 0.3) is 0 Å². The van der Waals surface area contributed by atoms with Gasteiger partial charge in [-0.1, -0.05) is 17.7 Å². The van der Waals surface area contributed by atoms with Gasteiger partial charge in [0.15, 0.2) is 0 Å². The summed E-state index contributed by atoms with van der Waals surface area (Å²) in [6, 6.07) is 9.09. The number of halogens is 4. The van der Waals surface area contributed by atoms with Gasteiger partial charge in [-0.2, -0.15) is 23.7 Å². The van der Waals surface area contributed by atoms with Crippen molar-refractivity contribution < 1.29 is 22.7 Å². The smallest absolute Gasteiger partial charge is 0.449 e. The topological polar surface area (TPSA) is 93.0 Å². The number of rotatable bonds is 2. The van der Waals surface area contributed by atoms with Crippen LogP contribution in [-0.4, -0.2) is 5.11 Å². The summed E-state index contributed by atoms with van der Waals surface area (Å²) in [7, 11) is 0. The molecule has 2 heterocycles. The van der Waals surface area contributed by atoms with Gasteiger partial charge in [0.05, 0.1) is 39.9 Å². The number of hydrogen-bond acceptors (Lipinski definition) is 5. The van der Waals surface area contributed by atoms with Crippen molar-refractivity contribution in [1.82, 2.24) is 5.32 Å². The van der Waals surface area contributed by atoms with E-state index in [-0.39, 0.29) is 38.9 Å². The lowest BCUT2D eigenvalue weighted by molar-refractivity contribution is -0.153. The molecule has 0 saturated heterocycles. The standard InChI is InChI=1S/C20H13ClF3N3O2/c1-9-13(7-25)18(11-3-4-16(28)15(21)5-11)14(8-26)19(27-9)12-6-17(20(22,23)24)29-10(12)2/h3-6,18,27-28H,1-2H3. The first-order chi connectivity index (χ1) is 13.6. The van der Waals surface area contributed by atoms with E-state index in [4.69, 9.17) is 16.0 Å². The van der Waals surface area contributed by atoms with Gasteiger partial charge in [0, 0.05) is 11.3 Å². The maximum Gasteiger partial charge on any atom is 0.449 e. The number of phenols is 1. The second-order valence-corrected chi connectivity index (χ2v) is 6.81. The Bertz CT molecular complexity index is 1150. The van der Waals surface area contributed by atoms with Crippen molar-refractivity contribution in [3.63, 3.8) is 0 Å². The minimum absolute atomic E-state index is 0.0219. The Morgan fingerprint density at radius 2 is 1.79 bits per heavy atom. The number of aromatic hydroxyl groups is 1. The summed E-state index contributed by atoms with van der Waals surface area (Å²) in [6.45, 7) is 2.95. The zero-order chi connectivity index (χ0) is 21.5. The summed E-state index contributed by atoms with van der Waals surface area (Å²) < 4.78 is 44.0. The van der Waals surface area contributed by atoms with Crippen LogP contribution >= 0.6 is 11.6 Å². The van der Waals surface area contributed by atoms with Crippen LogP contribution in [0.15, 0.2) is 45.5 Å². The molecule has 1 aliphatic rings. The maximum absolute atomic E-state index is 13.1. The van der Waals surface area contributed by atoms with Crippen molar-refractivity contribution in [2.75, 3.05) is 0 Å². The van der Waals surface area contributed by atoms with Crippen LogP contribution in [0.2, 0.25) is 5.02 Å². The molecule has 1 aliphatic heterocycles. The van der Waals surface area contributed by atoms with Crippen molar-refractivity contribution in [1.29, 1.82) is 10.5 Å². The second kappa shape index (κ2) is 7.23. The van der Waals surface area contributed by atoms with Gasteiger partial charge in [-0.15, -0.1) is 0 Å². The lowest BCUT2D eigenvalue weighted by Gasteiger charge is -2.27. The lowest BCUT2D eigenvalue weighted by atomic mass is 9.80. The van der Waals surface area contributed by atoms with E-state index in [2.05, 4.69) is 5.32 Å². The molecule has 2 N–H and O–H groups in total. The van der Waals surface area contributed by atoms with Crippen molar-refractivity contribution in [2.24, 2.45) is 0 Å². The molecule has 1 aromatic carbocycles. The van der Waals surface area contributed by atoms with E-state index in [0.29, 0.717) is 11.3 Å². The number of aryl methyl sites for hydroxylation is 1. The molecule has 2 aromatic rings. The summed E-state index contributed by atoms with van der Waals surface area (Å²) in [5, 5.41) is 32.0. The molecule has 0 aliphatic carbocycles. The predicted molar refractivity (Wildman–Crippen MR) is 98.3 cm³/mol. The number of benzene rings is 1. The fourth-order valence-electron chi connectivity index (χ4n) is 3.21. The van der Waals surface area contributed by atoms with Crippen LogP contribution in [0, 0.1) is 29.6 Å². The molecule has 9 heteroatoms. The Kier molecular flexibility index (Phi) is 5.08. The highest BCUT2D eigenvalue weighted by atomic mass is 35.5. The van der Waals surface area contributed by atoms with Gasteiger partial charge in [-0.25, -0.2) is 0 Å². The molecule has 0 fully saturated rings. The molecule has 0 spiro atoms. The molecule has 0 saturated carbocycles. The van der Waals surface area contributed by atoms with Crippen LogP contribution in [0.5, 0.6) is 5.75 Å². The van der Waals surface area contributed by atoms with E-state index >= 15 is 0 Å². The summed E-state index contributed by atoms with van der Waals surface area (Å²) in [6.07, 6.45) is -4.68. The van der Waals surface area contributed by atoms with Gasteiger partial charge >= 0.3 is 6.18 Å². The van der Waals surface area contributed by atoms with Crippen LogP contribution in [0.4, 0.5) is 13.2 Å². The van der Waals surface area contributed by atoms with Crippen molar-refractivity contribution >= 4 is 17.3 Å². The second-order valence-electron chi connectivity index (χ2n) is 6.40. The van der Waals surface area contributed by atoms with Crippen LogP contribution < -0.4 is 5.32 Å². The molecule has 1 aromatic heterocycles. The normalized spacial score (nSPS) is 17.0. The molecule has 3 rings (SSSR count). The van der Waals surface area contributed by atoms with Crippen molar-refractivity contribution in [2.45, 2.75) is 25.9 Å². The number of hydrogen-bond donors (Lipinski definition) is 2. The van der Waals surface area contributed by atoms with Gasteiger partial charge in [0.1, 0.15) is 11.5 Å².